The zero-order valence-electron chi connectivity index (χ0n) is 26.6. The van der Waals surface area contributed by atoms with Gasteiger partial charge in [-0.25, -0.2) is 4.98 Å². The van der Waals surface area contributed by atoms with E-state index < -0.39 is 0 Å². The number of phenolic OH excluding ortho intramolecular Hbond substituents is 1. The van der Waals surface area contributed by atoms with Crippen molar-refractivity contribution < 1.29 is 9.90 Å². The van der Waals surface area contributed by atoms with Crippen LogP contribution in [0.5, 0.6) is 5.75 Å². The van der Waals surface area contributed by atoms with Crippen LogP contribution >= 0.6 is 0 Å². The number of rotatable bonds is 5. The molecular formula is C36H44N6O2. The number of fused-ring (bicyclic) bond motifs is 1. The third-order valence-electron chi connectivity index (χ3n) is 10.2. The molecule has 8 nitrogen and oxygen atoms in total. The monoisotopic (exact) mass is 592 g/mol. The van der Waals surface area contributed by atoms with Crippen LogP contribution in [0.15, 0.2) is 48.5 Å². The van der Waals surface area contributed by atoms with Gasteiger partial charge in [0.1, 0.15) is 11.6 Å². The summed E-state index contributed by atoms with van der Waals surface area (Å²) < 4.78 is 0. The van der Waals surface area contributed by atoms with E-state index in [0.717, 1.165) is 86.5 Å². The first kappa shape index (κ1) is 28.9. The van der Waals surface area contributed by atoms with Gasteiger partial charge >= 0.3 is 0 Å². The van der Waals surface area contributed by atoms with Crippen molar-refractivity contribution in [3.8, 4) is 17.1 Å². The number of likely N-dealkylation sites (N-methyl/N-ethyl adjacent to an activating group) is 1. The van der Waals surface area contributed by atoms with Gasteiger partial charge in [-0.05, 0) is 78.2 Å². The van der Waals surface area contributed by atoms with E-state index in [1.807, 2.05) is 30.3 Å². The highest BCUT2D eigenvalue weighted by Gasteiger charge is 2.42. The van der Waals surface area contributed by atoms with Crippen LogP contribution in [0.1, 0.15) is 67.6 Å². The molecule has 1 saturated heterocycles. The van der Waals surface area contributed by atoms with Gasteiger partial charge in [-0.2, -0.15) is 0 Å². The standard InChI is InChI=1S/C36H44N6O2/c1-35(2)12-14-42-15-13-36(3,4)30-31(42)27(35)21-26(32(30)43)33-38-28-11-8-24(20-29(28)39-33)34(44)37-25-9-6-23(7-10-25)22-41-18-16-40(5)17-19-41/h6-11,20-21,43H,12-19,22H2,1-5H3,(H,37,44)(H,38,39). The molecule has 1 amide bonds. The minimum atomic E-state index is -0.167. The first-order chi connectivity index (χ1) is 21.0. The Bertz CT molecular complexity index is 1730. The Hall–Kier alpha value is -3.88. The third kappa shape index (κ3) is 5.14. The number of H-pyrrole nitrogens is 1. The van der Waals surface area contributed by atoms with Gasteiger partial charge in [0.25, 0.3) is 5.91 Å². The Kier molecular flexibility index (Phi) is 6.98. The molecule has 8 heteroatoms. The minimum Gasteiger partial charge on any atom is -0.507 e. The summed E-state index contributed by atoms with van der Waals surface area (Å²) in [6.45, 7) is 16.4. The van der Waals surface area contributed by atoms with Gasteiger partial charge < -0.3 is 25.2 Å². The Morgan fingerprint density at radius 2 is 1.64 bits per heavy atom. The summed E-state index contributed by atoms with van der Waals surface area (Å²) >= 11 is 0. The summed E-state index contributed by atoms with van der Waals surface area (Å²) in [6.07, 6.45) is 2.07. The Balaban J connectivity index is 1.14. The number of imidazole rings is 1. The number of aromatic hydroxyl groups is 1. The molecule has 0 spiro atoms. The first-order valence-corrected chi connectivity index (χ1v) is 16.0. The summed E-state index contributed by atoms with van der Waals surface area (Å²) in [5.41, 5.74) is 8.18. The van der Waals surface area contributed by atoms with Gasteiger partial charge in [0.2, 0.25) is 0 Å². The van der Waals surface area contributed by atoms with E-state index in [4.69, 9.17) is 4.98 Å². The Morgan fingerprint density at radius 1 is 0.932 bits per heavy atom. The van der Waals surface area contributed by atoms with E-state index in [1.54, 1.807) is 0 Å². The van der Waals surface area contributed by atoms with Gasteiger partial charge in [-0.15, -0.1) is 0 Å². The molecule has 0 saturated carbocycles. The summed E-state index contributed by atoms with van der Waals surface area (Å²) in [6, 6.07) is 15.8. The highest BCUT2D eigenvalue weighted by molar-refractivity contribution is 6.06. The van der Waals surface area contributed by atoms with Crippen molar-refractivity contribution in [3.05, 3.63) is 70.8 Å². The van der Waals surface area contributed by atoms with Gasteiger partial charge in [0, 0.05) is 68.3 Å². The van der Waals surface area contributed by atoms with E-state index in [0.29, 0.717) is 17.1 Å². The number of benzene rings is 3. The third-order valence-corrected chi connectivity index (χ3v) is 10.2. The van der Waals surface area contributed by atoms with Crippen LogP contribution in [0.4, 0.5) is 11.4 Å². The number of hydrogen-bond acceptors (Lipinski definition) is 6. The van der Waals surface area contributed by atoms with Crippen molar-refractivity contribution in [1.82, 2.24) is 19.8 Å². The second-order valence-corrected chi connectivity index (χ2v) is 14.3. The average Bonchev–Trinajstić information content (AvgIpc) is 3.41. The van der Waals surface area contributed by atoms with Crippen molar-refractivity contribution in [1.29, 1.82) is 0 Å². The largest absolute Gasteiger partial charge is 0.507 e. The van der Waals surface area contributed by atoms with Crippen LogP contribution in [-0.2, 0) is 17.4 Å². The molecule has 0 bridgehead atoms. The normalized spacial score (nSPS) is 19.6. The zero-order chi connectivity index (χ0) is 30.8. The summed E-state index contributed by atoms with van der Waals surface area (Å²) in [7, 11) is 2.17. The second-order valence-electron chi connectivity index (χ2n) is 14.3. The molecule has 1 aromatic heterocycles. The maximum atomic E-state index is 13.2. The van der Waals surface area contributed by atoms with E-state index >= 15 is 0 Å². The van der Waals surface area contributed by atoms with Crippen LogP contribution < -0.4 is 10.2 Å². The van der Waals surface area contributed by atoms with Crippen LogP contribution in [-0.4, -0.2) is 77.1 Å². The lowest BCUT2D eigenvalue weighted by molar-refractivity contribution is 0.102. The molecule has 4 aromatic rings. The average molecular weight is 593 g/mol. The maximum absolute atomic E-state index is 13.2. The number of hydrogen-bond donors (Lipinski definition) is 3. The Morgan fingerprint density at radius 3 is 2.36 bits per heavy atom. The predicted octanol–water partition coefficient (Wildman–Crippen LogP) is 6.10. The lowest BCUT2D eigenvalue weighted by Crippen LogP contribution is -2.44. The van der Waals surface area contributed by atoms with Gasteiger partial charge in [-0.1, -0.05) is 39.8 Å². The SMILES string of the molecule is CN1CCN(Cc2ccc(NC(=O)c3ccc4nc(-c5cc6c7c(c5O)C(C)(C)CCN7CCC6(C)C)[nH]c4c3)cc2)CC1. The zero-order valence-corrected chi connectivity index (χ0v) is 26.6. The van der Waals surface area contributed by atoms with Crippen molar-refractivity contribution in [2.45, 2.75) is 57.9 Å². The molecule has 3 N–H and O–H groups in total. The number of nitrogens with zero attached hydrogens (tertiary/aromatic N) is 4. The molecule has 7 rings (SSSR count). The summed E-state index contributed by atoms with van der Waals surface area (Å²) in [5, 5.41) is 14.8. The minimum absolute atomic E-state index is 0.00347. The molecule has 0 radical (unpaired) electrons. The Labute approximate surface area is 260 Å². The fraction of sp³-hybridized carbons (Fsp3) is 0.444. The van der Waals surface area contributed by atoms with Crippen molar-refractivity contribution in [2.75, 3.05) is 56.5 Å². The summed E-state index contributed by atoms with van der Waals surface area (Å²) in [4.78, 5) is 28.8. The lowest BCUT2D eigenvalue weighted by Gasteiger charge is -2.48. The number of phenols is 1. The highest BCUT2D eigenvalue weighted by atomic mass is 16.3. The van der Waals surface area contributed by atoms with Crippen LogP contribution in [0.2, 0.25) is 0 Å². The first-order valence-electron chi connectivity index (χ1n) is 16.0. The molecular weight excluding hydrogens is 548 g/mol. The highest BCUT2D eigenvalue weighted by Crippen LogP contribution is 2.54. The van der Waals surface area contributed by atoms with Crippen LogP contribution in [0.3, 0.4) is 0 Å². The number of carbonyl (C=O) groups excluding carboxylic acids is 1. The second kappa shape index (κ2) is 10.6. The molecule has 0 aliphatic carbocycles. The van der Waals surface area contributed by atoms with Gasteiger partial charge in [0.15, 0.2) is 0 Å². The van der Waals surface area contributed by atoms with E-state index in [9.17, 15) is 9.90 Å². The number of piperazine rings is 1. The number of nitrogens with one attached hydrogen (secondary N) is 2. The van der Waals surface area contributed by atoms with Gasteiger partial charge in [0.05, 0.1) is 16.6 Å². The lowest BCUT2D eigenvalue weighted by atomic mass is 9.68. The molecule has 0 unspecified atom stereocenters. The topological polar surface area (TPSA) is 87.7 Å². The molecule has 3 aromatic carbocycles. The van der Waals surface area contributed by atoms with Crippen LogP contribution in [0, 0.1) is 0 Å². The van der Waals surface area contributed by atoms with E-state index in [1.165, 1.54) is 16.8 Å². The fourth-order valence-corrected chi connectivity index (χ4v) is 7.19. The van der Waals surface area contributed by atoms with Crippen molar-refractivity contribution >= 4 is 28.3 Å². The molecule has 0 atom stereocenters. The molecule has 3 aliphatic heterocycles. The van der Waals surface area contributed by atoms with E-state index in [-0.39, 0.29) is 16.7 Å². The van der Waals surface area contributed by atoms with Crippen molar-refractivity contribution in [3.63, 3.8) is 0 Å². The molecule has 44 heavy (non-hydrogen) atoms. The smallest absolute Gasteiger partial charge is 0.255 e. The fourth-order valence-electron chi connectivity index (χ4n) is 7.19. The van der Waals surface area contributed by atoms with Gasteiger partial charge in [-0.3, -0.25) is 9.69 Å². The molecule has 230 valence electrons. The number of amides is 1. The number of aromatic amines is 1. The quantitative estimate of drug-likeness (QED) is 0.260. The van der Waals surface area contributed by atoms with Crippen molar-refractivity contribution in [2.24, 2.45) is 0 Å². The number of aromatic nitrogens is 2. The summed E-state index contributed by atoms with van der Waals surface area (Å²) in [5.74, 6) is 0.767. The van der Waals surface area contributed by atoms with Crippen LogP contribution in [0.25, 0.3) is 22.4 Å². The molecule has 3 aliphatic rings. The molecule has 1 fully saturated rings. The van der Waals surface area contributed by atoms with E-state index in [2.05, 4.69) is 77.9 Å². The maximum Gasteiger partial charge on any atom is 0.255 e. The number of carbonyl (C=O) groups is 1. The molecule has 4 heterocycles. The number of anilines is 2. The predicted molar refractivity (Wildman–Crippen MR) is 178 cm³/mol.